The number of rotatable bonds is 5. The second kappa shape index (κ2) is 9.38. The highest BCUT2D eigenvalue weighted by atomic mass is 16.5. The lowest BCUT2D eigenvalue weighted by atomic mass is 9.49. The summed E-state index contributed by atoms with van der Waals surface area (Å²) in [5, 5.41) is 3.00. The van der Waals surface area contributed by atoms with Crippen LogP contribution >= 0.6 is 0 Å². The van der Waals surface area contributed by atoms with E-state index in [0.29, 0.717) is 25.9 Å². The highest BCUT2D eigenvalue weighted by molar-refractivity contribution is 5.93. The topological polar surface area (TPSA) is 79.0 Å². The minimum Gasteiger partial charge on any atom is -0.497 e. The Bertz CT molecular complexity index is 979. The number of amides is 3. The number of anilines is 1. The minimum absolute atomic E-state index is 0.00625. The average molecular weight is 494 g/mol. The number of methoxy groups -OCH3 is 1. The standard InChI is InChI=1S/C29H39N3O4/c1-36-24-6-4-23(5-7-24)30-26(33)22-8-11-31(12-9-22)27(34)25-3-2-10-32(25)28(35)29-16-19-13-20(17-29)15-21(14-19)18-29/h4-7,19-22,25H,2-3,8-18H2,1H3,(H,30,33)/t19?,20?,21?,25-,29?/m0/s1. The van der Waals surface area contributed by atoms with Crippen molar-refractivity contribution in [1.29, 1.82) is 0 Å². The Morgan fingerprint density at radius 1 is 0.889 bits per heavy atom. The van der Waals surface area contributed by atoms with Crippen LogP contribution in [0.5, 0.6) is 5.75 Å². The first-order chi connectivity index (χ1) is 17.4. The van der Waals surface area contributed by atoms with Gasteiger partial charge in [0.05, 0.1) is 12.5 Å². The molecule has 0 spiro atoms. The van der Waals surface area contributed by atoms with E-state index in [0.717, 1.165) is 67.8 Å². The van der Waals surface area contributed by atoms with Crippen LogP contribution in [0.4, 0.5) is 5.69 Å². The van der Waals surface area contributed by atoms with Crippen molar-refractivity contribution in [3.05, 3.63) is 24.3 Å². The molecule has 4 saturated carbocycles. The Balaban J connectivity index is 1.05. The van der Waals surface area contributed by atoms with Crippen molar-refractivity contribution in [3.8, 4) is 5.75 Å². The van der Waals surface area contributed by atoms with Gasteiger partial charge in [-0.2, -0.15) is 0 Å². The predicted molar refractivity (Wildman–Crippen MR) is 136 cm³/mol. The average Bonchev–Trinajstić information content (AvgIpc) is 3.37. The molecule has 3 amide bonds. The molecule has 0 radical (unpaired) electrons. The first-order valence-corrected chi connectivity index (χ1v) is 14.0. The lowest BCUT2D eigenvalue weighted by Crippen LogP contribution is -2.58. The Morgan fingerprint density at radius 3 is 2.08 bits per heavy atom. The number of hydrogen-bond acceptors (Lipinski definition) is 4. The molecule has 1 aromatic carbocycles. The summed E-state index contributed by atoms with van der Waals surface area (Å²) >= 11 is 0. The summed E-state index contributed by atoms with van der Waals surface area (Å²) in [5.41, 5.74) is 0.563. The molecule has 2 aliphatic heterocycles. The maximum atomic E-state index is 13.9. The van der Waals surface area contributed by atoms with Crippen LogP contribution in [0.2, 0.25) is 0 Å². The molecule has 1 N–H and O–H groups in total. The van der Waals surface area contributed by atoms with Crippen molar-refractivity contribution in [2.75, 3.05) is 32.1 Å². The van der Waals surface area contributed by atoms with Gasteiger partial charge in [0.2, 0.25) is 17.7 Å². The molecule has 2 saturated heterocycles. The monoisotopic (exact) mass is 493 g/mol. The Morgan fingerprint density at radius 2 is 1.50 bits per heavy atom. The van der Waals surface area contributed by atoms with Crippen LogP contribution in [0.3, 0.4) is 0 Å². The third kappa shape index (κ3) is 4.28. The molecule has 6 aliphatic rings. The molecular formula is C29H39N3O4. The number of carbonyl (C=O) groups is 3. The van der Waals surface area contributed by atoms with Crippen LogP contribution < -0.4 is 10.1 Å². The van der Waals surface area contributed by atoms with Gasteiger partial charge in [0, 0.05) is 31.2 Å². The third-order valence-corrected chi connectivity index (χ3v) is 9.83. The van der Waals surface area contributed by atoms with Crippen LogP contribution in [0.15, 0.2) is 24.3 Å². The summed E-state index contributed by atoms with van der Waals surface area (Å²) in [6.45, 7) is 1.88. The van der Waals surface area contributed by atoms with Gasteiger partial charge < -0.3 is 19.9 Å². The number of benzene rings is 1. The molecule has 6 fully saturated rings. The molecule has 1 atom stereocenters. The Kier molecular flexibility index (Phi) is 6.21. The molecule has 1 aromatic rings. The number of ether oxygens (including phenoxy) is 1. The minimum atomic E-state index is -0.310. The summed E-state index contributed by atoms with van der Waals surface area (Å²) in [7, 11) is 1.62. The summed E-state index contributed by atoms with van der Waals surface area (Å²) in [4.78, 5) is 44.2. The normalized spacial score (nSPS) is 33.6. The first-order valence-electron chi connectivity index (χ1n) is 14.0. The predicted octanol–water partition coefficient (Wildman–Crippen LogP) is 4.08. The van der Waals surface area contributed by atoms with E-state index >= 15 is 0 Å². The van der Waals surface area contributed by atoms with Gasteiger partial charge in [-0.3, -0.25) is 14.4 Å². The van der Waals surface area contributed by atoms with Crippen molar-refractivity contribution in [3.63, 3.8) is 0 Å². The smallest absolute Gasteiger partial charge is 0.245 e. The van der Waals surface area contributed by atoms with Gasteiger partial charge in [0.1, 0.15) is 11.8 Å². The van der Waals surface area contributed by atoms with Crippen molar-refractivity contribution in [2.24, 2.45) is 29.1 Å². The second-order valence-corrected chi connectivity index (χ2v) is 12.2. The van der Waals surface area contributed by atoms with Crippen molar-refractivity contribution < 1.29 is 19.1 Å². The fourth-order valence-electron chi connectivity index (χ4n) is 8.44. The fourth-order valence-corrected chi connectivity index (χ4v) is 8.44. The zero-order valence-electron chi connectivity index (χ0n) is 21.4. The highest BCUT2D eigenvalue weighted by Gasteiger charge is 2.57. The molecular weight excluding hydrogens is 454 g/mol. The molecule has 7 nitrogen and oxygen atoms in total. The van der Waals surface area contributed by atoms with E-state index in [-0.39, 0.29) is 35.1 Å². The van der Waals surface area contributed by atoms with Gasteiger partial charge in [-0.15, -0.1) is 0 Å². The van der Waals surface area contributed by atoms with E-state index < -0.39 is 0 Å². The zero-order valence-corrected chi connectivity index (χ0v) is 21.4. The van der Waals surface area contributed by atoms with Crippen LogP contribution in [-0.4, -0.2) is 60.3 Å². The number of nitrogens with one attached hydrogen (secondary N) is 1. The lowest BCUT2D eigenvalue weighted by Gasteiger charge is -2.56. The van der Waals surface area contributed by atoms with E-state index in [1.165, 1.54) is 19.3 Å². The number of carbonyl (C=O) groups excluding carboxylic acids is 3. The SMILES string of the molecule is COc1ccc(NC(=O)C2CCN(C(=O)[C@@H]3CCCN3C(=O)C34CC5CC(CC(C5)C3)C4)CC2)cc1. The summed E-state index contributed by atoms with van der Waals surface area (Å²) in [6, 6.07) is 7.02. The Hall–Kier alpha value is -2.57. The second-order valence-electron chi connectivity index (χ2n) is 12.2. The van der Waals surface area contributed by atoms with E-state index in [4.69, 9.17) is 4.74 Å². The largest absolute Gasteiger partial charge is 0.497 e. The third-order valence-electron chi connectivity index (χ3n) is 9.83. The van der Waals surface area contributed by atoms with E-state index in [2.05, 4.69) is 5.32 Å². The molecule has 0 unspecified atom stereocenters. The molecule has 36 heavy (non-hydrogen) atoms. The van der Waals surface area contributed by atoms with Gasteiger partial charge in [-0.25, -0.2) is 0 Å². The summed E-state index contributed by atoms with van der Waals surface area (Å²) in [5.74, 6) is 3.20. The number of piperidine rings is 1. The molecule has 4 aliphatic carbocycles. The van der Waals surface area contributed by atoms with Crippen molar-refractivity contribution >= 4 is 23.4 Å². The van der Waals surface area contributed by atoms with Gasteiger partial charge in [0.15, 0.2) is 0 Å². The highest BCUT2D eigenvalue weighted by Crippen LogP contribution is 2.60. The summed E-state index contributed by atoms with van der Waals surface area (Å²) < 4.78 is 5.17. The number of hydrogen-bond donors (Lipinski definition) is 1. The van der Waals surface area contributed by atoms with Crippen LogP contribution in [0.1, 0.15) is 64.2 Å². The van der Waals surface area contributed by atoms with Gasteiger partial charge in [-0.05, 0) is 106 Å². The molecule has 7 heteroatoms. The first kappa shape index (κ1) is 23.8. The number of likely N-dealkylation sites (tertiary alicyclic amines) is 2. The molecule has 2 heterocycles. The van der Waals surface area contributed by atoms with Crippen LogP contribution in [-0.2, 0) is 14.4 Å². The van der Waals surface area contributed by atoms with Crippen molar-refractivity contribution in [1.82, 2.24) is 9.80 Å². The van der Waals surface area contributed by atoms with Crippen LogP contribution in [0.25, 0.3) is 0 Å². The summed E-state index contributed by atoms with van der Waals surface area (Å²) in [6.07, 6.45) is 10.1. The molecule has 0 aromatic heterocycles. The maximum Gasteiger partial charge on any atom is 0.245 e. The Labute approximate surface area is 213 Å². The molecule has 7 rings (SSSR count). The zero-order chi connectivity index (χ0) is 24.9. The van der Waals surface area contributed by atoms with Gasteiger partial charge >= 0.3 is 0 Å². The molecule has 194 valence electrons. The lowest BCUT2D eigenvalue weighted by molar-refractivity contribution is -0.162. The quantitative estimate of drug-likeness (QED) is 0.671. The van der Waals surface area contributed by atoms with Gasteiger partial charge in [0.25, 0.3) is 0 Å². The number of nitrogens with zero attached hydrogens (tertiary/aromatic N) is 2. The fraction of sp³-hybridized carbons (Fsp3) is 0.690. The molecule has 4 bridgehead atoms. The van der Waals surface area contributed by atoms with Crippen molar-refractivity contribution in [2.45, 2.75) is 70.3 Å². The maximum absolute atomic E-state index is 13.9. The van der Waals surface area contributed by atoms with Gasteiger partial charge in [-0.1, -0.05) is 0 Å². The van der Waals surface area contributed by atoms with E-state index in [9.17, 15) is 14.4 Å². The van der Waals surface area contributed by atoms with E-state index in [1.54, 1.807) is 7.11 Å². The van der Waals surface area contributed by atoms with E-state index in [1.807, 2.05) is 34.1 Å². The van der Waals surface area contributed by atoms with Crippen LogP contribution in [0, 0.1) is 29.1 Å².